The SMILES string of the molecule is CCNC(=NCc1ccc(O)cc1)NCCC(C)C. The fourth-order valence-corrected chi connectivity index (χ4v) is 1.59. The number of benzene rings is 1. The molecule has 0 amide bonds. The van der Waals surface area contributed by atoms with Gasteiger partial charge in [0, 0.05) is 13.1 Å². The number of phenols is 1. The highest BCUT2D eigenvalue weighted by Crippen LogP contribution is 2.10. The van der Waals surface area contributed by atoms with Crippen molar-refractivity contribution in [1.29, 1.82) is 0 Å². The lowest BCUT2D eigenvalue weighted by molar-refractivity contribution is 0.475. The number of hydrogen-bond acceptors (Lipinski definition) is 2. The Morgan fingerprint density at radius 2 is 1.89 bits per heavy atom. The third kappa shape index (κ3) is 6.70. The van der Waals surface area contributed by atoms with Crippen molar-refractivity contribution in [2.45, 2.75) is 33.7 Å². The van der Waals surface area contributed by atoms with E-state index in [1.807, 2.05) is 12.1 Å². The van der Waals surface area contributed by atoms with Gasteiger partial charge >= 0.3 is 0 Å². The zero-order valence-electron chi connectivity index (χ0n) is 12.1. The fraction of sp³-hybridized carbons (Fsp3) is 0.533. The van der Waals surface area contributed by atoms with Crippen LogP contribution in [-0.2, 0) is 6.54 Å². The van der Waals surface area contributed by atoms with Gasteiger partial charge in [-0.3, -0.25) is 0 Å². The highest BCUT2D eigenvalue weighted by molar-refractivity contribution is 5.79. The minimum Gasteiger partial charge on any atom is -0.508 e. The number of rotatable bonds is 6. The minimum atomic E-state index is 0.287. The third-order valence-corrected chi connectivity index (χ3v) is 2.71. The summed E-state index contributed by atoms with van der Waals surface area (Å²) in [6.45, 7) is 8.87. The van der Waals surface area contributed by atoms with Crippen molar-refractivity contribution in [2.75, 3.05) is 13.1 Å². The molecule has 0 fully saturated rings. The van der Waals surface area contributed by atoms with Gasteiger partial charge in [0.25, 0.3) is 0 Å². The Morgan fingerprint density at radius 1 is 1.21 bits per heavy atom. The Hall–Kier alpha value is -1.71. The summed E-state index contributed by atoms with van der Waals surface area (Å²) in [6.07, 6.45) is 1.13. The molecule has 0 saturated carbocycles. The molecule has 0 saturated heterocycles. The summed E-state index contributed by atoms with van der Waals surface area (Å²) in [5.41, 5.74) is 1.08. The van der Waals surface area contributed by atoms with Crippen molar-refractivity contribution in [3.8, 4) is 5.75 Å². The molecule has 0 radical (unpaired) electrons. The van der Waals surface area contributed by atoms with E-state index in [-0.39, 0.29) is 5.75 Å². The molecule has 1 aromatic rings. The van der Waals surface area contributed by atoms with Crippen LogP contribution in [0.2, 0.25) is 0 Å². The van der Waals surface area contributed by atoms with Crippen molar-refractivity contribution >= 4 is 5.96 Å². The molecule has 1 rings (SSSR count). The molecular weight excluding hydrogens is 238 g/mol. The van der Waals surface area contributed by atoms with Crippen LogP contribution in [0.5, 0.6) is 5.75 Å². The highest BCUT2D eigenvalue weighted by atomic mass is 16.3. The Kier molecular flexibility index (Phi) is 6.79. The molecule has 0 aromatic heterocycles. The van der Waals surface area contributed by atoms with Crippen LogP contribution < -0.4 is 10.6 Å². The molecule has 106 valence electrons. The van der Waals surface area contributed by atoms with Gasteiger partial charge in [-0.1, -0.05) is 26.0 Å². The first-order chi connectivity index (χ1) is 9.11. The van der Waals surface area contributed by atoms with Gasteiger partial charge in [-0.25, -0.2) is 4.99 Å². The van der Waals surface area contributed by atoms with Crippen LogP contribution in [0.4, 0.5) is 0 Å². The Labute approximate surface area is 116 Å². The Morgan fingerprint density at radius 3 is 2.47 bits per heavy atom. The van der Waals surface area contributed by atoms with Gasteiger partial charge in [0.15, 0.2) is 5.96 Å². The molecule has 4 nitrogen and oxygen atoms in total. The van der Waals surface area contributed by atoms with E-state index in [2.05, 4.69) is 36.4 Å². The molecule has 0 aliphatic rings. The van der Waals surface area contributed by atoms with Gasteiger partial charge in [0.2, 0.25) is 0 Å². The maximum Gasteiger partial charge on any atom is 0.191 e. The number of nitrogens with zero attached hydrogens (tertiary/aromatic N) is 1. The average molecular weight is 263 g/mol. The summed E-state index contributed by atoms with van der Waals surface area (Å²) in [4.78, 5) is 4.52. The summed E-state index contributed by atoms with van der Waals surface area (Å²) < 4.78 is 0. The maximum atomic E-state index is 9.23. The van der Waals surface area contributed by atoms with Gasteiger partial charge < -0.3 is 15.7 Å². The molecular formula is C15H25N3O. The zero-order valence-corrected chi connectivity index (χ0v) is 12.1. The van der Waals surface area contributed by atoms with Crippen molar-refractivity contribution < 1.29 is 5.11 Å². The second-order valence-corrected chi connectivity index (χ2v) is 4.97. The smallest absolute Gasteiger partial charge is 0.191 e. The standard InChI is InChI=1S/C15H25N3O/c1-4-16-15(17-10-9-12(2)3)18-11-13-5-7-14(19)8-6-13/h5-8,12,19H,4,9-11H2,1-3H3,(H2,16,17,18). The maximum absolute atomic E-state index is 9.23. The molecule has 0 aliphatic heterocycles. The van der Waals surface area contributed by atoms with E-state index in [0.717, 1.165) is 31.0 Å². The first-order valence-corrected chi connectivity index (χ1v) is 6.92. The Balaban J connectivity index is 2.49. The fourth-order valence-electron chi connectivity index (χ4n) is 1.59. The minimum absolute atomic E-state index is 0.287. The van der Waals surface area contributed by atoms with Crippen molar-refractivity contribution in [1.82, 2.24) is 10.6 Å². The van der Waals surface area contributed by atoms with E-state index in [1.54, 1.807) is 12.1 Å². The van der Waals surface area contributed by atoms with Crippen LogP contribution in [0.25, 0.3) is 0 Å². The molecule has 1 aromatic carbocycles. The molecule has 3 N–H and O–H groups in total. The monoisotopic (exact) mass is 263 g/mol. The lowest BCUT2D eigenvalue weighted by Crippen LogP contribution is -2.38. The molecule has 0 atom stereocenters. The van der Waals surface area contributed by atoms with E-state index in [1.165, 1.54) is 0 Å². The van der Waals surface area contributed by atoms with Gasteiger partial charge in [-0.2, -0.15) is 0 Å². The van der Waals surface area contributed by atoms with E-state index >= 15 is 0 Å². The molecule has 0 heterocycles. The zero-order chi connectivity index (χ0) is 14.1. The normalized spacial score (nSPS) is 11.7. The first-order valence-electron chi connectivity index (χ1n) is 6.92. The largest absolute Gasteiger partial charge is 0.508 e. The van der Waals surface area contributed by atoms with Crippen LogP contribution in [0, 0.1) is 5.92 Å². The lowest BCUT2D eigenvalue weighted by Gasteiger charge is -2.12. The summed E-state index contributed by atoms with van der Waals surface area (Å²) in [5, 5.41) is 15.8. The molecule has 0 unspecified atom stereocenters. The summed E-state index contributed by atoms with van der Waals surface area (Å²) in [5.74, 6) is 1.82. The van der Waals surface area contributed by atoms with Crippen molar-refractivity contribution in [3.63, 3.8) is 0 Å². The number of phenolic OH excluding ortho intramolecular Hbond substituents is 1. The number of aliphatic imine (C=N–C) groups is 1. The summed E-state index contributed by atoms with van der Waals surface area (Å²) in [7, 11) is 0. The van der Waals surface area contributed by atoms with Gasteiger partial charge in [-0.15, -0.1) is 0 Å². The predicted molar refractivity (Wildman–Crippen MR) is 80.4 cm³/mol. The van der Waals surface area contributed by atoms with Crippen LogP contribution in [-0.4, -0.2) is 24.2 Å². The van der Waals surface area contributed by atoms with Crippen LogP contribution in [0.1, 0.15) is 32.8 Å². The average Bonchev–Trinajstić information content (AvgIpc) is 2.37. The van der Waals surface area contributed by atoms with E-state index < -0.39 is 0 Å². The number of nitrogens with one attached hydrogen (secondary N) is 2. The predicted octanol–water partition coefficient (Wildman–Crippen LogP) is 2.49. The van der Waals surface area contributed by atoms with Gasteiger partial charge in [-0.05, 0) is 37.0 Å². The highest BCUT2D eigenvalue weighted by Gasteiger charge is 1.99. The quantitative estimate of drug-likeness (QED) is 0.546. The molecule has 19 heavy (non-hydrogen) atoms. The van der Waals surface area contributed by atoms with Crippen LogP contribution in [0.3, 0.4) is 0 Å². The van der Waals surface area contributed by atoms with E-state index in [0.29, 0.717) is 12.5 Å². The molecule has 0 spiro atoms. The van der Waals surface area contributed by atoms with Gasteiger partial charge in [0.05, 0.1) is 6.54 Å². The third-order valence-electron chi connectivity index (χ3n) is 2.71. The topological polar surface area (TPSA) is 56.7 Å². The van der Waals surface area contributed by atoms with Crippen molar-refractivity contribution in [2.24, 2.45) is 10.9 Å². The number of guanidine groups is 1. The van der Waals surface area contributed by atoms with E-state index in [9.17, 15) is 5.11 Å². The first kappa shape index (κ1) is 15.3. The second-order valence-electron chi connectivity index (χ2n) is 4.97. The number of hydrogen-bond donors (Lipinski definition) is 3. The number of aromatic hydroxyl groups is 1. The summed E-state index contributed by atoms with van der Waals surface area (Å²) in [6, 6.07) is 7.14. The second kappa shape index (κ2) is 8.40. The van der Waals surface area contributed by atoms with E-state index in [4.69, 9.17) is 0 Å². The van der Waals surface area contributed by atoms with Crippen molar-refractivity contribution in [3.05, 3.63) is 29.8 Å². The lowest BCUT2D eigenvalue weighted by atomic mass is 10.1. The molecule has 0 aliphatic carbocycles. The summed E-state index contributed by atoms with van der Waals surface area (Å²) >= 11 is 0. The van der Waals surface area contributed by atoms with Crippen LogP contribution in [0.15, 0.2) is 29.3 Å². The Bertz CT molecular complexity index is 385. The van der Waals surface area contributed by atoms with Crippen LogP contribution >= 0.6 is 0 Å². The van der Waals surface area contributed by atoms with Gasteiger partial charge in [0.1, 0.15) is 5.75 Å². The molecule has 0 bridgehead atoms. The molecule has 4 heteroatoms.